The largest absolute Gasteiger partial charge is 0.463 e. The summed E-state index contributed by atoms with van der Waals surface area (Å²) in [4.78, 5) is 23.7. The van der Waals surface area contributed by atoms with Crippen LogP contribution in [0, 0.1) is 0 Å². The molecule has 2 heterocycles. The minimum atomic E-state index is -3.74. The van der Waals surface area contributed by atoms with Gasteiger partial charge in [-0.2, -0.15) is 0 Å². The maximum atomic E-state index is 13.1. The molecule has 4 rings (SSSR count). The first-order valence-electron chi connectivity index (χ1n) is 9.05. The second-order valence-corrected chi connectivity index (χ2v) is 8.55. The third-order valence-electron chi connectivity index (χ3n) is 4.88. The van der Waals surface area contributed by atoms with Gasteiger partial charge in [0.15, 0.2) is 0 Å². The van der Waals surface area contributed by atoms with Gasteiger partial charge in [-0.25, -0.2) is 18.0 Å². The van der Waals surface area contributed by atoms with Crippen molar-refractivity contribution in [1.29, 1.82) is 0 Å². The highest BCUT2D eigenvalue weighted by Gasteiger charge is 2.31. The minimum Gasteiger partial charge on any atom is -0.463 e. The number of benzene rings is 2. The van der Waals surface area contributed by atoms with Crippen molar-refractivity contribution in [3.8, 4) is 0 Å². The number of hydrogen-bond acceptors (Lipinski definition) is 6. The van der Waals surface area contributed by atoms with Gasteiger partial charge in [-0.1, -0.05) is 18.2 Å². The van der Waals surface area contributed by atoms with Gasteiger partial charge in [0, 0.05) is 13.0 Å². The molecule has 0 N–H and O–H groups in total. The average Bonchev–Trinajstić information content (AvgIpc) is 3.12. The number of carbonyl (C=O) groups excluding carboxylic acids is 2. The lowest BCUT2D eigenvalue weighted by Crippen LogP contribution is -2.35. The third-order valence-corrected chi connectivity index (χ3v) is 6.71. The standard InChI is InChI=1S/C20H19NO6S/c22-19(27-18-11-13-26-20(18)23)15-7-9-16(10-8-15)28(24,25)21-12-3-5-14-4-1-2-6-17(14)21/h1-2,4,6-10,18H,3,5,11-13H2/t18-/m0/s1. The van der Waals surface area contributed by atoms with Crippen LogP contribution in [0.5, 0.6) is 0 Å². The molecule has 0 radical (unpaired) electrons. The highest BCUT2D eigenvalue weighted by atomic mass is 32.2. The smallest absolute Gasteiger partial charge is 0.347 e. The first-order valence-corrected chi connectivity index (χ1v) is 10.5. The van der Waals surface area contributed by atoms with Crippen LogP contribution in [-0.2, 0) is 30.7 Å². The van der Waals surface area contributed by atoms with E-state index in [1.165, 1.54) is 28.6 Å². The number of anilines is 1. The van der Waals surface area contributed by atoms with Gasteiger partial charge in [-0.15, -0.1) is 0 Å². The summed E-state index contributed by atoms with van der Waals surface area (Å²) in [6.07, 6.45) is 1.01. The Kier molecular flexibility index (Phi) is 4.80. The Morgan fingerprint density at radius 1 is 1.11 bits per heavy atom. The minimum absolute atomic E-state index is 0.0982. The van der Waals surface area contributed by atoms with E-state index >= 15 is 0 Å². The van der Waals surface area contributed by atoms with Gasteiger partial charge in [0.1, 0.15) is 0 Å². The van der Waals surface area contributed by atoms with E-state index in [0.717, 1.165) is 18.4 Å². The molecule has 0 bridgehead atoms. The highest BCUT2D eigenvalue weighted by Crippen LogP contribution is 2.31. The maximum absolute atomic E-state index is 13.1. The fourth-order valence-electron chi connectivity index (χ4n) is 3.42. The number of esters is 2. The lowest BCUT2D eigenvalue weighted by atomic mass is 10.0. The van der Waals surface area contributed by atoms with Gasteiger partial charge in [0.05, 0.1) is 22.8 Å². The summed E-state index contributed by atoms with van der Waals surface area (Å²) in [6, 6.07) is 13.0. The molecule has 7 nitrogen and oxygen atoms in total. The molecule has 0 aromatic heterocycles. The van der Waals surface area contributed by atoms with Crippen molar-refractivity contribution in [1.82, 2.24) is 0 Å². The van der Waals surface area contributed by atoms with Gasteiger partial charge >= 0.3 is 11.9 Å². The van der Waals surface area contributed by atoms with Crippen LogP contribution in [0.4, 0.5) is 5.69 Å². The van der Waals surface area contributed by atoms with E-state index in [2.05, 4.69) is 0 Å². The van der Waals surface area contributed by atoms with Crippen LogP contribution >= 0.6 is 0 Å². The first-order chi connectivity index (χ1) is 13.5. The molecule has 0 aliphatic carbocycles. The summed E-state index contributed by atoms with van der Waals surface area (Å²) in [5, 5.41) is 0. The number of ether oxygens (including phenoxy) is 2. The lowest BCUT2D eigenvalue weighted by Gasteiger charge is -2.30. The highest BCUT2D eigenvalue weighted by molar-refractivity contribution is 7.92. The molecular formula is C20H19NO6S. The quantitative estimate of drug-likeness (QED) is 0.731. The van der Waals surface area contributed by atoms with Crippen molar-refractivity contribution in [3.63, 3.8) is 0 Å². The van der Waals surface area contributed by atoms with Crippen LogP contribution in [0.25, 0.3) is 0 Å². The van der Waals surface area contributed by atoms with E-state index in [-0.39, 0.29) is 17.1 Å². The van der Waals surface area contributed by atoms with Gasteiger partial charge in [0.2, 0.25) is 6.10 Å². The van der Waals surface area contributed by atoms with Crippen molar-refractivity contribution < 1.29 is 27.5 Å². The van der Waals surface area contributed by atoms with E-state index in [0.29, 0.717) is 18.7 Å². The zero-order valence-electron chi connectivity index (χ0n) is 15.0. The van der Waals surface area contributed by atoms with Crippen LogP contribution in [-0.4, -0.2) is 39.6 Å². The molecule has 2 aliphatic rings. The molecule has 0 amide bonds. The summed E-state index contributed by atoms with van der Waals surface area (Å²) >= 11 is 0. The van der Waals surface area contributed by atoms with Gasteiger partial charge in [-0.05, 0) is 48.7 Å². The lowest BCUT2D eigenvalue weighted by molar-refractivity contribution is -0.145. The van der Waals surface area contributed by atoms with E-state index < -0.39 is 28.1 Å². The molecule has 28 heavy (non-hydrogen) atoms. The predicted molar refractivity (Wildman–Crippen MR) is 101 cm³/mol. The number of aryl methyl sites for hydroxylation is 1. The predicted octanol–water partition coefficient (Wildman–Crippen LogP) is 2.30. The number of sulfonamides is 1. The monoisotopic (exact) mass is 401 g/mol. The molecular weight excluding hydrogens is 382 g/mol. The second kappa shape index (κ2) is 7.27. The van der Waals surface area contributed by atoms with Crippen LogP contribution in [0.2, 0.25) is 0 Å². The van der Waals surface area contributed by atoms with Crippen LogP contribution < -0.4 is 4.31 Å². The molecule has 0 saturated carbocycles. The summed E-state index contributed by atoms with van der Waals surface area (Å²) in [5.74, 6) is -1.24. The van der Waals surface area contributed by atoms with E-state index in [9.17, 15) is 18.0 Å². The molecule has 2 aromatic carbocycles. The SMILES string of the molecule is O=C(O[C@H]1CCOC1=O)c1ccc(S(=O)(=O)N2CCCc3ccccc32)cc1. The zero-order chi connectivity index (χ0) is 19.7. The van der Waals surface area contributed by atoms with Gasteiger partial charge in [0.25, 0.3) is 10.0 Å². The van der Waals surface area contributed by atoms with Gasteiger partial charge in [-0.3, -0.25) is 4.31 Å². The molecule has 146 valence electrons. The molecule has 1 saturated heterocycles. The van der Waals surface area contributed by atoms with Crippen molar-refractivity contribution in [3.05, 3.63) is 59.7 Å². The molecule has 0 spiro atoms. The van der Waals surface area contributed by atoms with Crippen molar-refractivity contribution in [2.75, 3.05) is 17.5 Å². The Balaban J connectivity index is 1.55. The maximum Gasteiger partial charge on any atom is 0.347 e. The Hall–Kier alpha value is -2.87. The third kappa shape index (κ3) is 3.35. The van der Waals surface area contributed by atoms with E-state index in [1.54, 1.807) is 6.07 Å². The topological polar surface area (TPSA) is 90.0 Å². The fraction of sp³-hybridized carbons (Fsp3) is 0.300. The number of carbonyl (C=O) groups is 2. The van der Waals surface area contributed by atoms with E-state index in [4.69, 9.17) is 9.47 Å². The molecule has 2 aromatic rings. The van der Waals surface area contributed by atoms with Crippen LogP contribution in [0.3, 0.4) is 0 Å². The number of fused-ring (bicyclic) bond motifs is 1. The fourth-order valence-corrected chi connectivity index (χ4v) is 4.96. The Bertz CT molecular complexity index is 1020. The number of nitrogens with zero attached hydrogens (tertiary/aromatic N) is 1. The number of cyclic esters (lactones) is 1. The number of hydrogen-bond donors (Lipinski definition) is 0. The molecule has 1 atom stereocenters. The summed E-state index contributed by atoms with van der Waals surface area (Å²) in [7, 11) is -3.74. The van der Waals surface area contributed by atoms with Crippen molar-refractivity contribution in [2.24, 2.45) is 0 Å². The van der Waals surface area contributed by atoms with Crippen LogP contribution in [0.1, 0.15) is 28.8 Å². The summed E-state index contributed by atoms with van der Waals surface area (Å²) in [5.41, 5.74) is 1.87. The van der Waals surface area contributed by atoms with Gasteiger partial charge < -0.3 is 9.47 Å². The zero-order valence-corrected chi connectivity index (χ0v) is 15.9. The summed E-state index contributed by atoms with van der Waals surface area (Å²) < 4.78 is 37.5. The van der Waals surface area contributed by atoms with Crippen molar-refractivity contribution in [2.45, 2.75) is 30.3 Å². The Labute approximate surface area is 162 Å². The Morgan fingerprint density at radius 2 is 1.86 bits per heavy atom. The average molecular weight is 401 g/mol. The molecule has 1 fully saturated rings. The molecule has 8 heteroatoms. The normalized spacial score (nSPS) is 19.1. The molecule has 0 unspecified atom stereocenters. The molecule has 2 aliphatic heterocycles. The number of para-hydroxylation sites is 1. The Morgan fingerprint density at radius 3 is 2.57 bits per heavy atom. The van der Waals surface area contributed by atoms with Crippen LogP contribution in [0.15, 0.2) is 53.4 Å². The first kappa shape index (κ1) is 18.5. The number of rotatable bonds is 4. The van der Waals surface area contributed by atoms with E-state index in [1.807, 2.05) is 18.2 Å². The second-order valence-electron chi connectivity index (χ2n) is 6.68. The summed E-state index contributed by atoms with van der Waals surface area (Å²) in [6.45, 7) is 0.637. The van der Waals surface area contributed by atoms with Crippen molar-refractivity contribution >= 4 is 27.6 Å².